The van der Waals surface area contributed by atoms with Crippen LogP contribution in [0.3, 0.4) is 0 Å². The van der Waals surface area contributed by atoms with E-state index >= 15 is 0 Å². The molecule has 0 spiro atoms. The minimum atomic E-state index is -0.111. The molecular weight excluding hydrogens is 292 g/mol. The number of nitrogens with zero attached hydrogens (tertiary/aromatic N) is 3. The Balaban J connectivity index is 2.26. The van der Waals surface area contributed by atoms with Crippen LogP contribution in [0.4, 0.5) is 0 Å². The molecule has 0 aliphatic rings. The van der Waals surface area contributed by atoms with E-state index in [0.29, 0.717) is 0 Å². The number of benzene rings is 1. The van der Waals surface area contributed by atoms with Gasteiger partial charge in [0.05, 0.1) is 11.7 Å². The van der Waals surface area contributed by atoms with Crippen LogP contribution >= 0.6 is 15.9 Å². The van der Waals surface area contributed by atoms with E-state index in [2.05, 4.69) is 58.3 Å². The van der Waals surface area contributed by atoms with E-state index in [1.165, 1.54) is 16.7 Å². The highest BCUT2D eigenvalue weighted by Crippen LogP contribution is 2.23. The molecular formula is C13H17BrN4. The summed E-state index contributed by atoms with van der Waals surface area (Å²) >= 11 is 3.39. The van der Waals surface area contributed by atoms with Crippen LogP contribution in [0.25, 0.3) is 0 Å². The molecule has 2 N–H and O–H groups in total. The molecule has 18 heavy (non-hydrogen) atoms. The van der Waals surface area contributed by atoms with Gasteiger partial charge in [0.25, 0.3) is 0 Å². The molecule has 0 amide bonds. The second kappa shape index (κ2) is 5.20. The van der Waals surface area contributed by atoms with Crippen molar-refractivity contribution in [2.45, 2.75) is 26.3 Å². The maximum Gasteiger partial charge on any atom is 0.153 e. The third kappa shape index (κ3) is 2.62. The van der Waals surface area contributed by atoms with Crippen LogP contribution in [-0.2, 0) is 13.5 Å². The molecule has 1 unspecified atom stereocenters. The highest BCUT2D eigenvalue weighted by molar-refractivity contribution is 9.10. The molecule has 96 valence electrons. The topological polar surface area (TPSA) is 56.7 Å². The lowest BCUT2D eigenvalue weighted by molar-refractivity contribution is 0.605. The highest BCUT2D eigenvalue weighted by Gasteiger charge is 2.17. The number of rotatable bonds is 3. The van der Waals surface area contributed by atoms with Gasteiger partial charge in [-0.2, -0.15) is 0 Å². The van der Waals surface area contributed by atoms with E-state index in [0.717, 1.165) is 16.7 Å². The fourth-order valence-corrected chi connectivity index (χ4v) is 2.71. The lowest BCUT2D eigenvalue weighted by Gasteiger charge is -2.14. The van der Waals surface area contributed by atoms with Crippen LogP contribution in [0, 0.1) is 13.8 Å². The number of hydrogen-bond donors (Lipinski definition) is 1. The third-order valence-electron chi connectivity index (χ3n) is 3.12. The average molecular weight is 309 g/mol. The van der Waals surface area contributed by atoms with Crippen molar-refractivity contribution in [3.63, 3.8) is 0 Å². The van der Waals surface area contributed by atoms with Crippen molar-refractivity contribution >= 4 is 15.9 Å². The molecule has 2 rings (SSSR count). The zero-order valence-corrected chi connectivity index (χ0v) is 12.4. The van der Waals surface area contributed by atoms with Crippen molar-refractivity contribution in [2.24, 2.45) is 12.8 Å². The van der Waals surface area contributed by atoms with Crippen LogP contribution in [-0.4, -0.2) is 15.0 Å². The van der Waals surface area contributed by atoms with Gasteiger partial charge in [-0.05, 0) is 47.3 Å². The summed E-state index contributed by atoms with van der Waals surface area (Å²) < 4.78 is 2.45. The van der Waals surface area contributed by atoms with E-state index in [4.69, 9.17) is 5.73 Å². The summed E-state index contributed by atoms with van der Waals surface area (Å²) in [5.41, 5.74) is 11.0. The molecule has 0 bridgehead atoms. The Kier molecular flexibility index (Phi) is 3.82. The SMILES string of the molecule is Cc1ccc(C)c(CC(N)c2c(Br)nnn2C)c1. The van der Waals surface area contributed by atoms with Crippen LogP contribution in [0.5, 0.6) is 0 Å². The second-order valence-electron chi connectivity index (χ2n) is 4.63. The first-order valence-corrected chi connectivity index (χ1v) is 6.65. The normalized spacial score (nSPS) is 12.7. The summed E-state index contributed by atoms with van der Waals surface area (Å²) in [4.78, 5) is 0. The first-order valence-electron chi connectivity index (χ1n) is 5.86. The van der Waals surface area contributed by atoms with Crippen LogP contribution in [0.15, 0.2) is 22.8 Å². The van der Waals surface area contributed by atoms with Gasteiger partial charge in [0, 0.05) is 7.05 Å². The quantitative estimate of drug-likeness (QED) is 0.947. The molecule has 0 aliphatic heterocycles. The second-order valence-corrected chi connectivity index (χ2v) is 5.38. The van der Waals surface area contributed by atoms with Crippen molar-refractivity contribution in [1.82, 2.24) is 15.0 Å². The Bertz CT molecular complexity index is 543. The van der Waals surface area contributed by atoms with Gasteiger partial charge >= 0.3 is 0 Å². The van der Waals surface area contributed by atoms with E-state index in [-0.39, 0.29) is 6.04 Å². The molecule has 2 aromatic rings. The standard InChI is InChI=1S/C13H17BrN4/c1-8-4-5-9(2)10(6-8)7-11(15)12-13(14)16-17-18(12)3/h4-6,11H,7,15H2,1-3H3. The Hall–Kier alpha value is -1.20. The molecule has 4 nitrogen and oxygen atoms in total. The van der Waals surface area contributed by atoms with E-state index < -0.39 is 0 Å². The van der Waals surface area contributed by atoms with Gasteiger partial charge < -0.3 is 5.73 Å². The molecule has 0 radical (unpaired) electrons. The lowest BCUT2D eigenvalue weighted by Crippen LogP contribution is -2.18. The summed E-state index contributed by atoms with van der Waals surface area (Å²) in [5.74, 6) is 0. The fraction of sp³-hybridized carbons (Fsp3) is 0.385. The Morgan fingerprint density at radius 1 is 1.39 bits per heavy atom. The molecule has 0 aliphatic carbocycles. The molecule has 1 aromatic heterocycles. The number of aryl methyl sites for hydroxylation is 3. The lowest BCUT2D eigenvalue weighted by atomic mass is 9.98. The zero-order valence-electron chi connectivity index (χ0n) is 10.8. The van der Waals surface area contributed by atoms with Crippen molar-refractivity contribution in [3.05, 3.63) is 45.2 Å². The molecule has 0 saturated carbocycles. The third-order valence-corrected chi connectivity index (χ3v) is 3.69. The fourth-order valence-electron chi connectivity index (χ4n) is 2.09. The minimum absolute atomic E-state index is 0.111. The van der Waals surface area contributed by atoms with Crippen molar-refractivity contribution in [2.75, 3.05) is 0 Å². The monoisotopic (exact) mass is 308 g/mol. The number of halogens is 1. The summed E-state index contributed by atoms with van der Waals surface area (Å²) in [6.07, 6.45) is 0.785. The number of nitrogens with two attached hydrogens (primary N) is 1. The molecule has 1 aromatic carbocycles. The summed E-state index contributed by atoms with van der Waals surface area (Å²) in [6, 6.07) is 6.33. The van der Waals surface area contributed by atoms with Gasteiger partial charge in [-0.3, -0.25) is 0 Å². The van der Waals surface area contributed by atoms with E-state index in [9.17, 15) is 0 Å². The first-order chi connectivity index (χ1) is 8.49. The smallest absolute Gasteiger partial charge is 0.153 e. The minimum Gasteiger partial charge on any atom is -0.322 e. The van der Waals surface area contributed by atoms with E-state index in [1.54, 1.807) is 4.68 Å². The maximum absolute atomic E-state index is 6.26. The summed E-state index contributed by atoms with van der Waals surface area (Å²) in [6.45, 7) is 4.20. The predicted octanol–water partition coefficient (Wildman–Crippen LogP) is 2.44. The Morgan fingerprint density at radius 3 is 2.72 bits per heavy atom. The molecule has 1 atom stereocenters. The number of hydrogen-bond acceptors (Lipinski definition) is 3. The Morgan fingerprint density at radius 2 is 2.11 bits per heavy atom. The molecule has 5 heteroatoms. The van der Waals surface area contributed by atoms with Crippen LogP contribution < -0.4 is 5.73 Å². The van der Waals surface area contributed by atoms with Crippen molar-refractivity contribution in [1.29, 1.82) is 0 Å². The van der Waals surface area contributed by atoms with Gasteiger partial charge in [-0.15, -0.1) is 5.10 Å². The van der Waals surface area contributed by atoms with Crippen molar-refractivity contribution in [3.8, 4) is 0 Å². The van der Waals surface area contributed by atoms with Gasteiger partial charge in [0.2, 0.25) is 0 Å². The summed E-state index contributed by atoms with van der Waals surface area (Å²) in [5, 5.41) is 7.93. The van der Waals surface area contributed by atoms with Gasteiger partial charge in [-0.1, -0.05) is 29.0 Å². The maximum atomic E-state index is 6.26. The van der Waals surface area contributed by atoms with Crippen LogP contribution in [0.1, 0.15) is 28.4 Å². The van der Waals surface area contributed by atoms with Gasteiger partial charge in [0.15, 0.2) is 4.60 Å². The first kappa shape index (κ1) is 13.2. The predicted molar refractivity (Wildman–Crippen MR) is 75.3 cm³/mol. The highest BCUT2D eigenvalue weighted by atomic mass is 79.9. The largest absolute Gasteiger partial charge is 0.322 e. The average Bonchev–Trinajstić information content (AvgIpc) is 2.63. The molecule has 0 saturated heterocycles. The molecule has 1 heterocycles. The van der Waals surface area contributed by atoms with Crippen LogP contribution in [0.2, 0.25) is 0 Å². The Labute approximate surface area is 115 Å². The molecule has 0 fully saturated rings. The number of aromatic nitrogens is 3. The van der Waals surface area contributed by atoms with Crippen molar-refractivity contribution < 1.29 is 0 Å². The summed E-state index contributed by atoms with van der Waals surface area (Å²) in [7, 11) is 1.86. The zero-order chi connectivity index (χ0) is 13.3. The van der Waals surface area contributed by atoms with Gasteiger partial charge in [0.1, 0.15) is 0 Å². The van der Waals surface area contributed by atoms with Gasteiger partial charge in [-0.25, -0.2) is 4.68 Å². The van der Waals surface area contributed by atoms with E-state index in [1.807, 2.05) is 7.05 Å².